The fourth-order valence-electron chi connectivity index (χ4n) is 2.54. The smallest absolute Gasteiger partial charge is 0.250 e. The van der Waals surface area contributed by atoms with Crippen molar-refractivity contribution in [2.75, 3.05) is 33.2 Å². The van der Waals surface area contributed by atoms with Gasteiger partial charge in [-0.05, 0) is 31.7 Å². The van der Waals surface area contributed by atoms with Crippen LogP contribution in [0.4, 0.5) is 0 Å². The standard InChI is InChI=1S/C15H21BrN4O4S/c1-10-11(16)4-3-5-12(10)25(23,24)18-13(14(17)21)15(22)20-8-6-19(2)7-9-20/h3-5,13,18H,6-9H2,1-2H3,(H2,17,21)/t13-/m0/s1. The topological polar surface area (TPSA) is 113 Å². The number of primary amides is 1. The fourth-order valence-corrected chi connectivity index (χ4v) is 4.46. The van der Waals surface area contributed by atoms with Gasteiger partial charge in [0.15, 0.2) is 6.04 Å². The molecule has 2 rings (SSSR count). The van der Waals surface area contributed by atoms with E-state index in [4.69, 9.17) is 5.73 Å². The number of hydrogen-bond acceptors (Lipinski definition) is 5. The molecule has 1 saturated heterocycles. The lowest BCUT2D eigenvalue weighted by Gasteiger charge is -2.34. The molecule has 10 heteroatoms. The van der Waals surface area contributed by atoms with Crippen LogP contribution in [-0.2, 0) is 19.6 Å². The second-order valence-electron chi connectivity index (χ2n) is 5.95. The summed E-state index contributed by atoms with van der Waals surface area (Å²) in [7, 11) is -2.17. The molecule has 1 heterocycles. The quantitative estimate of drug-likeness (QED) is 0.618. The number of nitrogens with one attached hydrogen (secondary N) is 1. The van der Waals surface area contributed by atoms with Crippen LogP contribution < -0.4 is 10.5 Å². The summed E-state index contributed by atoms with van der Waals surface area (Å²) in [4.78, 5) is 27.8. The zero-order valence-electron chi connectivity index (χ0n) is 14.0. The highest BCUT2D eigenvalue weighted by molar-refractivity contribution is 9.10. The van der Waals surface area contributed by atoms with Gasteiger partial charge in [-0.15, -0.1) is 0 Å². The van der Waals surface area contributed by atoms with Crippen LogP contribution in [0.25, 0.3) is 0 Å². The van der Waals surface area contributed by atoms with Gasteiger partial charge < -0.3 is 15.5 Å². The summed E-state index contributed by atoms with van der Waals surface area (Å²) in [6, 6.07) is 3.04. The average molecular weight is 433 g/mol. The number of sulfonamides is 1. The fraction of sp³-hybridized carbons (Fsp3) is 0.467. The summed E-state index contributed by atoms with van der Waals surface area (Å²) in [5, 5.41) is 0. The summed E-state index contributed by atoms with van der Waals surface area (Å²) < 4.78 is 28.0. The van der Waals surface area contributed by atoms with E-state index < -0.39 is 27.9 Å². The molecule has 0 saturated carbocycles. The van der Waals surface area contributed by atoms with E-state index in [9.17, 15) is 18.0 Å². The first-order valence-electron chi connectivity index (χ1n) is 7.67. The Kier molecular flexibility index (Phi) is 6.20. The molecule has 0 aromatic heterocycles. The minimum Gasteiger partial charge on any atom is -0.368 e. The maximum Gasteiger partial charge on any atom is 0.250 e. The second kappa shape index (κ2) is 7.81. The molecular weight excluding hydrogens is 412 g/mol. The molecule has 1 atom stereocenters. The van der Waals surface area contributed by atoms with Gasteiger partial charge in [-0.25, -0.2) is 8.42 Å². The number of hydrogen-bond donors (Lipinski definition) is 2. The number of likely N-dealkylation sites (N-methyl/N-ethyl adjacent to an activating group) is 1. The minimum atomic E-state index is -4.09. The Hall–Kier alpha value is -1.49. The first-order valence-corrected chi connectivity index (χ1v) is 9.95. The number of halogens is 1. The lowest BCUT2D eigenvalue weighted by atomic mass is 10.2. The Morgan fingerprint density at radius 3 is 2.40 bits per heavy atom. The van der Waals surface area contributed by atoms with Gasteiger partial charge in [0.25, 0.3) is 5.91 Å². The Balaban J connectivity index is 2.25. The molecule has 1 aliphatic heterocycles. The van der Waals surface area contributed by atoms with Gasteiger partial charge in [-0.2, -0.15) is 4.72 Å². The molecule has 138 valence electrons. The molecule has 0 spiro atoms. The first kappa shape index (κ1) is 19.8. The SMILES string of the molecule is Cc1c(Br)cccc1S(=O)(=O)N[C@@H](C(N)=O)C(=O)N1CCN(C)CC1. The van der Waals surface area contributed by atoms with Crippen molar-refractivity contribution in [3.8, 4) is 0 Å². The predicted molar refractivity (Wildman–Crippen MR) is 96.3 cm³/mol. The zero-order chi connectivity index (χ0) is 18.8. The lowest BCUT2D eigenvalue weighted by molar-refractivity contribution is -0.138. The van der Waals surface area contributed by atoms with Gasteiger partial charge in [0.2, 0.25) is 15.9 Å². The monoisotopic (exact) mass is 432 g/mol. The molecule has 1 aliphatic rings. The van der Waals surface area contributed by atoms with Crippen molar-refractivity contribution in [2.24, 2.45) is 5.73 Å². The molecule has 8 nitrogen and oxygen atoms in total. The highest BCUT2D eigenvalue weighted by Gasteiger charge is 2.35. The van der Waals surface area contributed by atoms with Crippen molar-refractivity contribution in [1.82, 2.24) is 14.5 Å². The van der Waals surface area contributed by atoms with Crippen LogP contribution in [0.1, 0.15) is 5.56 Å². The van der Waals surface area contributed by atoms with Gasteiger partial charge >= 0.3 is 0 Å². The molecule has 3 N–H and O–H groups in total. The third-order valence-electron chi connectivity index (χ3n) is 4.13. The summed E-state index contributed by atoms with van der Waals surface area (Å²) in [5.74, 6) is -1.66. The van der Waals surface area contributed by atoms with Crippen LogP contribution in [-0.4, -0.2) is 69.3 Å². The van der Waals surface area contributed by atoms with Crippen molar-refractivity contribution < 1.29 is 18.0 Å². The largest absolute Gasteiger partial charge is 0.368 e. The molecule has 0 unspecified atom stereocenters. The summed E-state index contributed by atoms with van der Waals surface area (Å²) >= 11 is 3.27. The number of nitrogens with zero attached hydrogens (tertiary/aromatic N) is 2. The number of carbonyl (C=O) groups excluding carboxylic acids is 2. The van der Waals surface area contributed by atoms with Crippen LogP contribution in [0.15, 0.2) is 27.6 Å². The molecule has 0 aliphatic carbocycles. The van der Waals surface area contributed by atoms with Gasteiger partial charge in [-0.1, -0.05) is 22.0 Å². The van der Waals surface area contributed by atoms with Crippen molar-refractivity contribution in [3.05, 3.63) is 28.2 Å². The highest BCUT2D eigenvalue weighted by Crippen LogP contribution is 2.23. The molecule has 1 aromatic carbocycles. The van der Waals surface area contributed by atoms with Crippen molar-refractivity contribution in [1.29, 1.82) is 0 Å². The van der Waals surface area contributed by atoms with Gasteiger partial charge in [-0.3, -0.25) is 9.59 Å². The third kappa shape index (κ3) is 4.57. The normalized spacial score (nSPS) is 17.3. The Morgan fingerprint density at radius 1 is 1.24 bits per heavy atom. The van der Waals surface area contributed by atoms with Crippen LogP contribution in [0, 0.1) is 6.92 Å². The second-order valence-corrected chi connectivity index (χ2v) is 8.48. The highest BCUT2D eigenvalue weighted by atomic mass is 79.9. The molecule has 0 radical (unpaired) electrons. The Labute approximate surface area is 155 Å². The summed E-state index contributed by atoms with van der Waals surface area (Å²) in [6.07, 6.45) is 0. The molecular formula is C15H21BrN4O4S. The molecule has 2 amide bonds. The molecule has 1 fully saturated rings. The van der Waals surface area contributed by atoms with Crippen molar-refractivity contribution >= 4 is 37.8 Å². The van der Waals surface area contributed by atoms with Crippen molar-refractivity contribution in [2.45, 2.75) is 17.9 Å². The maximum atomic E-state index is 12.6. The number of benzene rings is 1. The van der Waals surface area contributed by atoms with E-state index in [1.54, 1.807) is 19.1 Å². The van der Waals surface area contributed by atoms with E-state index >= 15 is 0 Å². The van der Waals surface area contributed by atoms with Gasteiger partial charge in [0.1, 0.15) is 0 Å². The van der Waals surface area contributed by atoms with Crippen LogP contribution in [0.2, 0.25) is 0 Å². The summed E-state index contributed by atoms with van der Waals surface area (Å²) in [5.41, 5.74) is 5.77. The maximum absolute atomic E-state index is 12.6. The van der Waals surface area contributed by atoms with E-state index in [0.29, 0.717) is 36.2 Å². The number of piperazine rings is 1. The van der Waals surface area contributed by atoms with E-state index in [2.05, 4.69) is 20.7 Å². The number of rotatable bonds is 5. The number of amides is 2. The minimum absolute atomic E-state index is 0.0145. The van der Waals surface area contributed by atoms with E-state index in [1.165, 1.54) is 11.0 Å². The van der Waals surface area contributed by atoms with Gasteiger partial charge in [0, 0.05) is 30.7 Å². The van der Waals surface area contributed by atoms with Crippen LogP contribution in [0.3, 0.4) is 0 Å². The van der Waals surface area contributed by atoms with Gasteiger partial charge in [0.05, 0.1) is 4.90 Å². The molecule has 25 heavy (non-hydrogen) atoms. The number of nitrogens with two attached hydrogens (primary N) is 1. The van der Waals surface area contributed by atoms with Crippen molar-refractivity contribution in [3.63, 3.8) is 0 Å². The zero-order valence-corrected chi connectivity index (χ0v) is 16.4. The molecule has 1 aromatic rings. The Morgan fingerprint density at radius 2 is 1.84 bits per heavy atom. The molecule has 0 bridgehead atoms. The lowest BCUT2D eigenvalue weighted by Crippen LogP contribution is -2.58. The Bertz CT molecular complexity index is 776. The van der Waals surface area contributed by atoms with E-state index in [1.807, 2.05) is 11.9 Å². The third-order valence-corrected chi connectivity index (χ3v) is 6.55. The van der Waals surface area contributed by atoms with E-state index in [0.717, 1.165) is 0 Å². The predicted octanol–water partition coefficient (Wildman–Crippen LogP) is -0.336. The van der Waals surface area contributed by atoms with Crippen LogP contribution >= 0.6 is 15.9 Å². The number of carbonyl (C=O) groups is 2. The average Bonchev–Trinajstić information content (AvgIpc) is 2.55. The first-order chi connectivity index (χ1) is 11.6. The van der Waals surface area contributed by atoms with Crippen LogP contribution in [0.5, 0.6) is 0 Å². The summed E-state index contributed by atoms with van der Waals surface area (Å²) in [6.45, 7) is 3.75. The van der Waals surface area contributed by atoms with E-state index in [-0.39, 0.29) is 4.90 Å².